The summed E-state index contributed by atoms with van der Waals surface area (Å²) in [5.41, 5.74) is 6.39. The fourth-order valence-corrected chi connectivity index (χ4v) is 2.20. The third-order valence-corrected chi connectivity index (χ3v) is 3.01. The second-order valence-electron chi connectivity index (χ2n) is 4.78. The number of halogens is 4. The molecule has 3 nitrogen and oxygen atoms in total. The first-order valence-electron chi connectivity index (χ1n) is 5.53. The number of nitrogens with zero attached hydrogens (tertiary/aromatic N) is 2. The van der Waals surface area contributed by atoms with Crippen molar-refractivity contribution in [3.05, 3.63) is 0 Å². The van der Waals surface area contributed by atoms with Crippen LogP contribution in [0.2, 0.25) is 0 Å². The third kappa shape index (κ3) is 2.83. The first-order chi connectivity index (χ1) is 7.90. The van der Waals surface area contributed by atoms with Gasteiger partial charge in [0.2, 0.25) is 11.0 Å². The Morgan fingerprint density at radius 1 is 1.06 bits per heavy atom. The summed E-state index contributed by atoms with van der Waals surface area (Å²) >= 11 is 0. The number of nitrogens with one attached hydrogen (secondary N) is 1. The molecule has 17 heavy (non-hydrogen) atoms. The highest BCUT2D eigenvalue weighted by atomic mass is 19.2. The van der Waals surface area contributed by atoms with Crippen LogP contribution in [0.4, 0.5) is 17.6 Å². The van der Waals surface area contributed by atoms with Crippen LogP contribution in [0.25, 0.3) is 0 Å². The molecule has 1 N–H and O–H groups in total. The average Bonchev–Trinajstić information content (AvgIpc) is 2.27. The normalized spacial score (nSPS) is 42.3. The molecule has 0 aromatic carbocycles. The van der Waals surface area contributed by atoms with Gasteiger partial charge in [0.15, 0.2) is 12.3 Å². The molecule has 0 aromatic heterocycles. The maximum atomic E-state index is 13.7. The number of hydrogen-bond donors (Lipinski definition) is 1. The summed E-state index contributed by atoms with van der Waals surface area (Å²) in [5.74, 6) is -1.34. The van der Waals surface area contributed by atoms with Gasteiger partial charge in [0.05, 0.1) is 0 Å². The molecule has 4 unspecified atom stereocenters. The summed E-state index contributed by atoms with van der Waals surface area (Å²) in [4.78, 5) is 2.48. The number of rotatable bonds is 3. The first-order valence-corrected chi connectivity index (χ1v) is 5.53. The largest absolute Gasteiger partial charge is 0.244 e. The van der Waals surface area contributed by atoms with E-state index in [0.29, 0.717) is 0 Å². The van der Waals surface area contributed by atoms with Crippen LogP contribution in [0, 0.1) is 17.4 Å². The highest BCUT2D eigenvalue weighted by molar-refractivity contribution is 5.02. The van der Waals surface area contributed by atoms with Gasteiger partial charge in [0, 0.05) is 5.92 Å². The van der Waals surface area contributed by atoms with E-state index >= 15 is 0 Å². The van der Waals surface area contributed by atoms with Crippen LogP contribution in [-0.2, 0) is 0 Å². The Morgan fingerprint density at radius 3 is 1.88 bits per heavy atom. The van der Waals surface area contributed by atoms with Crippen molar-refractivity contribution in [2.45, 2.75) is 51.0 Å². The second kappa shape index (κ2) is 5.58. The highest BCUT2D eigenvalue weighted by Crippen LogP contribution is 2.38. The molecular weight excluding hydrogens is 238 g/mol. The minimum atomic E-state index is -2.24. The molecule has 1 fully saturated rings. The molecule has 0 bridgehead atoms. The van der Waals surface area contributed by atoms with Crippen LogP contribution < -0.4 is 4.91 Å². The van der Waals surface area contributed by atoms with Crippen LogP contribution in [0.1, 0.15) is 20.3 Å². The van der Waals surface area contributed by atoms with Crippen molar-refractivity contribution in [1.82, 2.24) is 4.91 Å². The minimum absolute atomic E-state index is 0.0507. The van der Waals surface area contributed by atoms with Gasteiger partial charge < -0.3 is 0 Å². The maximum Gasteiger partial charge on any atom is 0.214 e. The van der Waals surface area contributed by atoms with Crippen molar-refractivity contribution >= 4 is 0 Å². The third-order valence-electron chi connectivity index (χ3n) is 3.01. The Morgan fingerprint density at radius 2 is 1.53 bits per heavy atom. The molecule has 7 heteroatoms. The quantitative estimate of drug-likeness (QED) is 0.457. The molecule has 0 spiro atoms. The molecule has 98 valence electrons. The molecule has 1 aliphatic carbocycles. The van der Waals surface area contributed by atoms with Gasteiger partial charge in [-0.2, -0.15) is 0 Å². The van der Waals surface area contributed by atoms with Crippen LogP contribution in [0.5, 0.6) is 0 Å². The minimum Gasteiger partial charge on any atom is -0.244 e. The summed E-state index contributed by atoms with van der Waals surface area (Å²) in [6, 6.07) is -1.85. The zero-order valence-corrected chi connectivity index (χ0v) is 9.65. The van der Waals surface area contributed by atoms with Crippen LogP contribution in [0.3, 0.4) is 0 Å². The zero-order chi connectivity index (χ0) is 13.2. The van der Waals surface area contributed by atoms with E-state index in [-0.39, 0.29) is 12.3 Å². The van der Waals surface area contributed by atoms with Crippen molar-refractivity contribution in [1.29, 1.82) is 5.53 Å². The van der Waals surface area contributed by atoms with Gasteiger partial charge in [-0.25, -0.2) is 17.6 Å². The van der Waals surface area contributed by atoms with E-state index in [1.54, 1.807) is 13.8 Å². The van der Waals surface area contributed by atoms with E-state index in [1.807, 2.05) is 0 Å². The lowest BCUT2D eigenvalue weighted by Crippen LogP contribution is -2.54. The Kier molecular flexibility index (Phi) is 4.62. The fraction of sp³-hybridized carbons (Fsp3) is 1.00. The molecule has 0 amide bonds. The number of alkyl halides is 4. The first kappa shape index (κ1) is 14.1. The van der Waals surface area contributed by atoms with Crippen molar-refractivity contribution in [3.8, 4) is 0 Å². The van der Waals surface area contributed by atoms with Crippen LogP contribution in [-0.4, -0.2) is 30.7 Å². The van der Waals surface area contributed by atoms with Crippen molar-refractivity contribution in [2.24, 2.45) is 17.0 Å². The predicted molar refractivity (Wildman–Crippen MR) is 53.6 cm³/mol. The number of hydrogen-bond acceptors (Lipinski definition) is 2. The SMILES string of the molecule is CC(C)CC1C(F)C(F)C(N=[N+]=N)C(F)C1F. The Bertz CT molecular complexity index is 290. The zero-order valence-electron chi connectivity index (χ0n) is 9.65. The lowest BCUT2D eigenvalue weighted by molar-refractivity contribution is -0.0580. The lowest BCUT2D eigenvalue weighted by atomic mass is 9.77. The molecule has 4 atom stereocenters. The Hall–Kier alpha value is -0.970. The molecule has 1 saturated carbocycles. The summed E-state index contributed by atoms with van der Waals surface area (Å²) in [5, 5.41) is 2.92. The Balaban J connectivity index is 2.90. The van der Waals surface area contributed by atoms with E-state index in [0.717, 1.165) is 0 Å². The molecule has 0 radical (unpaired) electrons. The van der Waals surface area contributed by atoms with Gasteiger partial charge in [-0.15, -0.1) is 0 Å². The lowest BCUT2D eigenvalue weighted by Gasteiger charge is -2.36. The van der Waals surface area contributed by atoms with Gasteiger partial charge in [-0.05, 0) is 12.3 Å². The van der Waals surface area contributed by atoms with Crippen molar-refractivity contribution < 1.29 is 17.6 Å². The van der Waals surface area contributed by atoms with Crippen molar-refractivity contribution in [3.63, 3.8) is 0 Å². The Labute approximate surface area is 96.8 Å². The summed E-state index contributed by atoms with van der Waals surface area (Å²) in [6.07, 6.45) is -8.61. The molecule has 0 aromatic rings. The summed E-state index contributed by atoms with van der Waals surface area (Å²) in [7, 11) is 0. The van der Waals surface area contributed by atoms with Gasteiger partial charge in [-0.3, -0.25) is 0 Å². The molecule has 0 aliphatic heterocycles. The van der Waals surface area contributed by atoms with Gasteiger partial charge in [-0.1, -0.05) is 13.8 Å². The van der Waals surface area contributed by atoms with E-state index in [9.17, 15) is 17.6 Å². The molecule has 0 heterocycles. The topological polar surface area (TPSA) is 50.3 Å². The van der Waals surface area contributed by atoms with Crippen LogP contribution >= 0.6 is 0 Å². The summed E-state index contributed by atoms with van der Waals surface area (Å²) in [6.45, 7) is 3.46. The molecule has 1 aliphatic rings. The summed E-state index contributed by atoms with van der Waals surface area (Å²) < 4.78 is 54.4. The van der Waals surface area contributed by atoms with E-state index in [1.165, 1.54) is 0 Å². The van der Waals surface area contributed by atoms with Crippen molar-refractivity contribution in [2.75, 3.05) is 0 Å². The monoisotopic (exact) mass is 254 g/mol. The molecule has 0 saturated heterocycles. The molecular formula is C10H16F4N3+. The average molecular weight is 254 g/mol. The van der Waals surface area contributed by atoms with Gasteiger partial charge >= 0.3 is 0 Å². The predicted octanol–water partition coefficient (Wildman–Crippen LogP) is 2.93. The highest BCUT2D eigenvalue weighted by Gasteiger charge is 2.55. The van der Waals surface area contributed by atoms with E-state index in [2.05, 4.69) is 10.0 Å². The van der Waals surface area contributed by atoms with Gasteiger partial charge in [0.25, 0.3) is 0 Å². The van der Waals surface area contributed by atoms with E-state index < -0.39 is 36.6 Å². The fourth-order valence-electron chi connectivity index (χ4n) is 2.20. The second-order valence-corrected chi connectivity index (χ2v) is 4.78. The molecule has 1 rings (SSSR count). The maximum absolute atomic E-state index is 13.7. The smallest absolute Gasteiger partial charge is 0.214 e. The standard InChI is InChI=1S/C10H16F4N3/c1-4(2)3-5-6(11)8(13)10(16-17-15)9(14)7(5)12/h4-10,15H,3H2,1-2H3/q+1. The van der Waals surface area contributed by atoms with E-state index in [4.69, 9.17) is 5.53 Å². The van der Waals surface area contributed by atoms with Gasteiger partial charge in [0.1, 0.15) is 23.0 Å². The van der Waals surface area contributed by atoms with Crippen LogP contribution in [0.15, 0.2) is 5.11 Å².